The van der Waals surface area contributed by atoms with E-state index in [9.17, 15) is 0 Å². The molecule has 0 bridgehead atoms. The second-order valence-corrected chi connectivity index (χ2v) is 5.24. The summed E-state index contributed by atoms with van der Waals surface area (Å²) >= 11 is 12.6. The van der Waals surface area contributed by atoms with Crippen molar-refractivity contribution in [2.75, 3.05) is 5.73 Å². The van der Waals surface area contributed by atoms with Gasteiger partial charge in [-0.1, -0.05) is 27.5 Å². The van der Waals surface area contributed by atoms with Gasteiger partial charge < -0.3 is 10.5 Å². The molecule has 1 aromatic carbocycles. The lowest BCUT2D eigenvalue weighted by molar-refractivity contribution is 0.460. The average molecular weight is 379 g/mol. The lowest BCUT2D eigenvalue weighted by Crippen LogP contribution is -1.97. The monoisotopic (exact) mass is 377 g/mol. The van der Waals surface area contributed by atoms with Gasteiger partial charge in [0.15, 0.2) is 0 Å². The molecule has 0 unspecified atom stereocenters. The van der Waals surface area contributed by atoms with E-state index in [2.05, 4.69) is 41.8 Å². The minimum atomic E-state index is 0.109. The predicted molar refractivity (Wildman–Crippen MR) is 73.4 cm³/mol. The van der Waals surface area contributed by atoms with Crippen molar-refractivity contribution in [1.29, 1.82) is 0 Å². The summed E-state index contributed by atoms with van der Waals surface area (Å²) in [6.07, 6.45) is 1.39. The Morgan fingerprint density at radius 3 is 2.76 bits per heavy atom. The van der Waals surface area contributed by atoms with Crippen LogP contribution in [0.5, 0.6) is 11.6 Å². The summed E-state index contributed by atoms with van der Waals surface area (Å²) in [7, 11) is 0. The first-order valence-electron chi connectivity index (χ1n) is 4.47. The van der Waals surface area contributed by atoms with Crippen LogP contribution in [0.3, 0.4) is 0 Å². The molecule has 0 aliphatic rings. The van der Waals surface area contributed by atoms with Crippen molar-refractivity contribution in [3.8, 4) is 11.6 Å². The number of nitrogens with two attached hydrogens (primary N) is 1. The summed E-state index contributed by atoms with van der Waals surface area (Å²) in [4.78, 5) is 7.66. The third-order valence-corrected chi connectivity index (χ3v) is 3.20. The van der Waals surface area contributed by atoms with Gasteiger partial charge >= 0.3 is 0 Å². The van der Waals surface area contributed by atoms with Gasteiger partial charge in [-0.3, -0.25) is 0 Å². The molecule has 1 heterocycles. The molecule has 0 saturated carbocycles. The number of halogens is 3. The van der Waals surface area contributed by atoms with Crippen LogP contribution in [0.25, 0.3) is 0 Å². The first-order valence-corrected chi connectivity index (χ1v) is 6.43. The molecule has 0 atom stereocenters. The maximum atomic E-state index is 5.90. The molecule has 7 heteroatoms. The van der Waals surface area contributed by atoms with Crippen molar-refractivity contribution in [3.63, 3.8) is 0 Å². The van der Waals surface area contributed by atoms with E-state index in [0.717, 1.165) is 8.95 Å². The standard InChI is InChI=1S/C10H6Br2ClN3O/c11-5-1-2-8(6(12)3-5)17-9-7(13)4-15-10(14)16-9/h1-4H,(H2,14,15,16). The molecule has 0 fully saturated rings. The predicted octanol–water partition coefficient (Wildman–Crippen LogP) is 4.03. The average Bonchev–Trinajstić information content (AvgIpc) is 2.27. The van der Waals surface area contributed by atoms with Gasteiger partial charge in [0.2, 0.25) is 11.8 Å². The van der Waals surface area contributed by atoms with E-state index in [1.54, 1.807) is 6.07 Å². The summed E-state index contributed by atoms with van der Waals surface area (Å²) < 4.78 is 7.26. The molecule has 1 aromatic heterocycles. The summed E-state index contributed by atoms with van der Waals surface area (Å²) in [5.41, 5.74) is 5.46. The van der Waals surface area contributed by atoms with Crippen LogP contribution in [-0.2, 0) is 0 Å². The van der Waals surface area contributed by atoms with Gasteiger partial charge in [0, 0.05) is 4.47 Å². The molecule has 0 spiro atoms. The number of nitrogen functional groups attached to an aromatic ring is 1. The van der Waals surface area contributed by atoms with Crippen molar-refractivity contribution < 1.29 is 4.74 Å². The molecule has 0 amide bonds. The number of nitrogens with zero attached hydrogens (tertiary/aromatic N) is 2. The van der Waals surface area contributed by atoms with Gasteiger partial charge in [0.25, 0.3) is 0 Å². The van der Waals surface area contributed by atoms with Gasteiger partial charge in [-0.15, -0.1) is 0 Å². The Kier molecular flexibility index (Phi) is 3.86. The van der Waals surface area contributed by atoms with E-state index in [0.29, 0.717) is 10.8 Å². The van der Waals surface area contributed by atoms with E-state index in [-0.39, 0.29) is 11.8 Å². The zero-order valence-electron chi connectivity index (χ0n) is 8.32. The van der Waals surface area contributed by atoms with Crippen LogP contribution >= 0.6 is 43.5 Å². The Hall–Kier alpha value is -0.850. The van der Waals surface area contributed by atoms with Gasteiger partial charge in [-0.2, -0.15) is 4.98 Å². The van der Waals surface area contributed by atoms with Crippen LogP contribution < -0.4 is 10.5 Å². The van der Waals surface area contributed by atoms with Gasteiger partial charge in [0.05, 0.1) is 10.7 Å². The summed E-state index contributed by atoms with van der Waals surface area (Å²) in [5, 5.41) is 0.300. The van der Waals surface area contributed by atoms with Crippen LogP contribution in [0, 0.1) is 0 Å². The van der Waals surface area contributed by atoms with Crippen LogP contribution in [0.4, 0.5) is 5.95 Å². The van der Waals surface area contributed by atoms with Crippen molar-refractivity contribution in [2.45, 2.75) is 0 Å². The highest BCUT2D eigenvalue weighted by atomic mass is 79.9. The van der Waals surface area contributed by atoms with Crippen LogP contribution in [0.2, 0.25) is 5.02 Å². The highest BCUT2D eigenvalue weighted by Crippen LogP contribution is 2.33. The summed E-state index contributed by atoms with van der Waals surface area (Å²) in [6.45, 7) is 0. The number of benzene rings is 1. The maximum absolute atomic E-state index is 5.90. The van der Waals surface area contributed by atoms with Crippen molar-refractivity contribution in [1.82, 2.24) is 9.97 Å². The Labute approximate surface area is 119 Å². The number of anilines is 1. The minimum Gasteiger partial charge on any atom is -0.436 e. The number of rotatable bonds is 2. The zero-order valence-corrected chi connectivity index (χ0v) is 12.3. The first-order chi connectivity index (χ1) is 8.06. The fourth-order valence-electron chi connectivity index (χ4n) is 1.10. The van der Waals surface area contributed by atoms with Crippen molar-refractivity contribution >= 4 is 49.4 Å². The summed E-state index contributed by atoms with van der Waals surface area (Å²) in [6, 6.07) is 5.48. The quantitative estimate of drug-likeness (QED) is 0.856. The molecule has 88 valence electrons. The second-order valence-electron chi connectivity index (χ2n) is 3.06. The largest absolute Gasteiger partial charge is 0.436 e. The molecule has 0 aliphatic heterocycles. The molecule has 0 radical (unpaired) electrons. The van der Waals surface area contributed by atoms with Gasteiger partial charge in [-0.05, 0) is 34.1 Å². The third kappa shape index (κ3) is 3.08. The van der Waals surface area contributed by atoms with Crippen molar-refractivity contribution in [2.24, 2.45) is 0 Å². The Bertz CT molecular complexity index is 565. The Balaban J connectivity index is 2.34. The van der Waals surface area contributed by atoms with Crippen molar-refractivity contribution in [3.05, 3.63) is 38.4 Å². The van der Waals surface area contributed by atoms with E-state index < -0.39 is 0 Å². The van der Waals surface area contributed by atoms with Crippen LogP contribution in [0.15, 0.2) is 33.3 Å². The number of ether oxygens (including phenoxy) is 1. The maximum Gasteiger partial charge on any atom is 0.243 e. The smallest absolute Gasteiger partial charge is 0.243 e. The molecule has 0 saturated heterocycles. The zero-order chi connectivity index (χ0) is 12.4. The Morgan fingerprint density at radius 1 is 1.29 bits per heavy atom. The SMILES string of the molecule is Nc1ncc(Cl)c(Oc2ccc(Br)cc2Br)n1. The summed E-state index contributed by atoms with van der Waals surface area (Å²) in [5.74, 6) is 0.924. The highest BCUT2D eigenvalue weighted by Gasteiger charge is 2.09. The van der Waals surface area contributed by atoms with Crippen LogP contribution in [-0.4, -0.2) is 9.97 Å². The van der Waals surface area contributed by atoms with E-state index in [1.165, 1.54) is 6.20 Å². The van der Waals surface area contributed by atoms with E-state index in [4.69, 9.17) is 22.1 Å². The molecule has 2 aromatic rings. The molecule has 4 nitrogen and oxygen atoms in total. The molecule has 0 aliphatic carbocycles. The molecular formula is C10H6Br2ClN3O. The van der Waals surface area contributed by atoms with Gasteiger partial charge in [-0.25, -0.2) is 4.98 Å². The molecular weight excluding hydrogens is 373 g/mol. The lowest BCUT2D eigenvalue weighted by Gasteiger charge is -2.08. The number of hydrogen-bond donors (Lipinski definition) is 1. The van der Waals surface area contributed by atoms with Gasteiger partial charge in [0.1, 0.15) is 10.8 Å². The number of hydrogen-bond acceptors (Lipinski definition) is 4. The first kappa shape index (κ1) is 12.6. The Morgan fingerprint density at radius 2 is 2.06 bits per heavy atom. The normalized spacial score (nSPS) is 10.3. The van der Waals surface area contributed by atoms with E-state index >= 15 is 0 Å². The minimum absolute atomic E-state index is 0.109. The fourth-order valence-corrected chi connectivity index (χ4v) is 2.36. The molecule has 2 rings (SSSR count). The fraction of sp³-hybridized carbons (Fsp3) is 0. The number of aromatic nitrogens is 2. The molecule has 17 heavy (non-hydrogen) atoms. The second kappa shape index (κ2) is 5.20. The third-order valence-electron chi connectivity index (χ3n) is 1.83. The van der Waals surface area contributed by atoms with E-state index in [1.807, 2.05) is 12.1 Å². The highest BCUT2D eigenvalue weighted by molar-refractivity contribution is 9.11. The lowest BCUT2D eigenvalue weighted by atomic mass is 10.3. The van der Waals surface area contributed by atoms with Crippen LogP contribution in [0.1, 0.15) is 0 Å². The topological polar surface area (TPSA) is 61.0 Å². The molecule has 2 N–H and O–H groups in total.